The number of benzene rings is 1. The van der Waals surface area contributed by atoms with Crippen LogP contribution in [0.2, 0.25) is 0 Å². The average molecular weight is 370 g/mol. The molecule has 5 N–H and O–H groups in total. The first kappa shape index (κ1) is 16.0. The van der Waals surface area contributed by atoms with Crippen LogP contribution < -0.4 is 11.1 Å². The Labute approximate surface area is 149 Å². The van der Waals surface area contributed by atoms with Crippen molar-refractivity contribution in [1.29, 1.82) is 0 Å². The summed E-state index contributed by atoms with van der Waals surface area (Å²) in [6.45, 7) is 0. The summed E-state index contributed by atoms with van der Waals surface area (Å²) < 4.78 is 14.4. The number of hydrogen-bond donors (Lipinski definition) is 4. The molecular weight excluding hydrogens is 359 g/mol. The van der Waals surface area contributed by atoms with Crippen LogP contribution >= 0.6 is 11.3 Å². The Morgan fingerprint density at radius 1 is 1.31 bits per heavy atom. The van der Waals surface area contributed by atoms with Crippen LogP contribution in [-0.2, 0) is 0 Å². The standard InChI is InChI=1S/C16H11FN6O2S/c17-13-8(1-2-10-9(13)5-20-23-10)15(25)22-16-21-12(6-26-16)7-3-11(14(18)24)19-4-7/h1-6,19H,(H2,18,24)(H,20,23)(H,21,22,25). The molecule has 0 aliphatic heterocycles. The van der Waals surface area contributed by atoms with Gasteiger partial charge in [-0.25, -0.2) is 9.37 Å². The fourth-order valence-corrected chi connectivity index (χ4v) is 3.19. The summed E-state index contributed by atoms with van der Waals surface area (Å²) in [6.07, 6.45) is 2.92. The van der Waals surface area contributed by atoms with Crippen molar-refractivity contribution in [3.8, 4) is 11.3 Å². The number of hydrogen-bond acceptors (Lipinski definition) is 5. The van der Waals surface area contributed by atoms with Gasteiger partial charge in [0.25, 0.3) is 11.8 Å². The molecule has 3 aromatic heterocycles. The van der Waals surface area contributed by atoms with Gasteiger partial charge in [0, 0.05) is 17.1 Å². The van der Waals surface area contributed by atoms with Crippen LogP contribution in [0.25, 0.3) is 22.2 Å². The Balaban J connectivity index is 1.57. The molecule has 10 heteroatoms. The van der Waals surface area contributed by atoms with Crippen LogP contribution in [0.5, 0.6) is 0 Å². The highest BCUT2D eigenvalue weighted by Gasteiger charge is 2.17. The fraction of sp³-hybridized carbons (Fsp3) is 0. The Bertz CT molecular complexity index is 1140. The van der Waals surface area contributed by atoms with Crippen LogP contribution in [0.15, 0.2) is 36.0 Å². The summed E-state index contributed by atoms with van der Waals surface area (Å²) in [5.74, 6) is -1.84. The van der Waals surface area contributed by atoms with Gasteiger partial charge in [-0.1, -0.05) is 0 Å². The van der Waals surface area contributed by atoms with Gasteiger partial charge in [-0.2, -0.15) is 5.10 Å². The second-order valence-electron chi connectivity index (χ2n) is 5.42. The number of nitrogens with two attached hydrogens (primary N) is 1. The van der Waals surface area contributed by atoms with E-state index >= 15 is 0 Å². The summed E-state index contributed by atoms with van der Waals surface area (Å²) >= 11 is 1.18. The first-order valence-corrected chi connectivity index (χ1v) is 8.28. The summed E-state index contributed by atoms with van der Waals surface area (Å²) in [4.78, 5) is 30.5. The Morgan fingerprint density at radius 3 is 2.92 bits per heavy atom. The van der Waals surface area contributed by atoms with E-state index in [-0.39, 0.29) is 16.6 Å². The number of carbonyl (C=O) groups is 2. The van der Waals surface area contributed by atoms with Gasteiger partial charge in [0.2, 0.25) is 0 Å². The first-order chi connectivity index (χ1) is 12.5. The zero-order chi connectivity index (χ0) is 18.3. The SMILES string of the molecule is NC(=O)c1cc(-c2csc(NC(=O)c3ccc4[nH]ncc4c3F)n2)c[nH]1. The lowest BCUT2D eigenvalue weighted by atomic mass is 10.1. The number of thiazole rings is 1. The topological polar surface area (TPSA) is 130 Å². The number of aromatic nitrogens is 4. The van der Waals surface area contributed by atoms with Gasteiger partial charge in [-0.05, 0) is 18.2 Å². The van der Waals surface area contributed by atoms with E-state index in [0.29, 0.717) is 21.9 Å². The van der Waals surface area contributed by atoms with Crippen LogP contribution in [0.3, 0.4) is 0 Å². The van der Waals surface area contributed by atoms with Gasteiger partial charge < -0.3 is 10.7 Å². The second kappa shape index (κ2) is 6.08. The molecule has 0 aliphatic carbocycles. The van der Waals surface area contributed by atoms with Crippen molar-refractivity contribution < 1.29 is 14.0 Å². The van der Waals surface area contributed by atoms with Crippen LogP contribution in [0.1, 0.15) is 20.8 Å². The van der Waals surface area contributed by atoms with Gasteiger partial charge in [-0.3, -0.25) is 20.0 Å². The Morgan fingerprint density at radius 2 is 2.15 bits per heavy atom. The van der Waals surface area contributed by atoms with Gasteiger partial charge in [0.1, 0.15) is 11.5 Å². The molecule has 0 saturated carbocycles. The molecule has 8 nitrogen and oxygen atoms in total. The van der Waals surface area contributed by atoms with Gasteiger partial charge >= 0.3 is 0 Å². The molecule has 0 radical (unpaired) electrons. The number of aromatic amines is 2. The Hall–Kier alpha value is -3.53. The molecule has 0 aliphatic rings. The first-order valence-electron chi connectivity index (χ1n) is 7.40. The minimum Gasteiger partial charge on any atom is -0.364 e. The second-order valence-corrected chi connectivity index (χ2v) is 6.27. The summed E-state index contributed by atoms with van der Waals surface area (Å²) in [5, 5.41) is 11.2. The van der Waals surface area contributed by atoms with E-state index in [1.54, 1.807) is 23.7 Å². The van der Waals surface area contributed by atoms with Crippen molar-refractivity contribution in [3.63, 3.8) is 0 Å². The van der Waals surface area contributed by atoms with Crippen LogP contribution in [0.4, 0.5) is 9.52 Å². The normalized spacial score (nSPS) is 11.0. The predicted octanol–water partition coefficient (Wildman–Crippen LogP) is 2.50. The maximum atomic E-state index is 14.4. The quantitative estimate of drug-likeness (QED) is 0.440. The van der Waals surface area contributed by atoms with E-state index in [9.17, 15) is 14.0 Å². The molecule has 3 heterocycles. The zero-order valence-corrected chi connectivity index (χ0v) is 13.9. The molecule has 0 saturated heterocycles. The maximum absolute atomic E-state index is 14.4. The number of amides is 2. The number of primary amides is 1. The lowest BCUT2D eigenvalue weighted by molar-refractivity contribution is 0.0993. The molecular formula is C16H11FN6O2S. The molecule has 4 rings (SSSR count). The molecule has 130 valence electrons. The number of anilines is 1. The molecule has 0 unspecified atom stereocenters. The van der Waals surface area contributed by atoms with E-state index in [1.807, 2.05) is 0 Å². The van der Waals surface area contributed by atoms with Crippen molar-refractivity contribution in [1.82, 2.24) is 20.2 Å². The smallest absolute Gasteiger partial charge is 0.265 e. The molecule has 2 amide bonds. The third kappa shape index (κ3) is 2.71. The van der Waals surface area contributed by atoms with E-state index < -0.39 is 17.6 Å². The molecule has 0 bridgehead atoms. The van der Waals surface area contributed by atoms with Crippen molar-refractivity contribution >= 4 is 39.2 Å². The number of carbonyl (C=O) groups excluding carboxylic acids is 2. The number of fused-ring (bicyclic) bond motifs is 1. The third-order valence-electron chi connectivity index (χ3n) is 3.77. The summed E-state index contributed by atoms with van der Waals surface area (Å²) in [7, 11) is 0. The van der Waals surface area contributed by atoms with Crippen molar-refractivity contribution in [2.45, 2.75) is 0 Å². The fourth-order valence-electron chi connectivity index (χ4n) is 2.47. The molecule has 0 atom stereocenters. The van der Waals surface area contributed by atoms with Crippen molar-refractivity contribution in [3.05, 3.63) is 53.0 Å². The summed E-state index contributed by atoms with van der Waals surface area (Å²) in [5.41, 5.74) is 7.07. The van der Waals surface area contributed by atoms with Crippen LogP contribution in [0, 0.1) is 5.82 Å². The van der Waals surface area contributed by atoms with E-state index in [4.69, 9.17) is 5.73 Å². The number of halogens is 1. The molecule has 1 aromatic carbocycles. The highest BCUT2D eigenvalue weighted by molar-refractivity contribution is 7.14. The largest absolute Gasteiger partial charge is 0.364 e. The Kier molecular flexibility index (Phi) is 3.73. The van der Waals surface area contributed by atoms with E-state index in [2.05, 4.69) is 25.5 Å². The number of nitrogens with zero attached hydrogens (tertiary/aromatic N) is 2. The third-order valence-corrected chi connectivity index (χ3v) is 4.53. The molecule has 26 heavy (non-hydrogen) atoms. The van der Waals surface area contributed by atoms with Gasteiger partial charge in [0.15, 0.2) is 5.13 Å². The minimum absolute atomic E-state index is 0.103. The lowest BCUT2D eigenvalue weighted by Gasteiger charge is -2.03. The molecule has 0 spiro atoms. The monoisotopic (exact) mass is 370 g/mol. The average Bonchev–Trinajstić information content (AvgIpc) is 3.35. The summed E-state index contributed by atoms with van der Waals surface area (Å²) in [6, 6.07) is 4.53. The highest BCUT2D eigenvalue weighted by Crippen LogP contribution is 2.26. The zero-order valence-electron chi connectivity index (χ0n) is 13.0. The maximum Gasteiger partial charge on any atom is 0.265 e. The molecule has 0 fully saturated rings. The van der Waals surface area contributed by atoms with Gasteiger partial charge in [-0.15, -0.1) is 11.3 Å². The lowest BCUT2D eigenvalue weighted by Crippen LogP contribution is -2.13. The predicted molar refractivity (Wildman–Crippen MR) is 94.4 cm³/mol. The van der Waals surface area contributed by atoms with Gasteiger partial charge in [0.05, 0.1) is 28.4 Å². The van der Waals surface area contributed by atoms with E-state index in [0.717, 1.165) is 0 Å². The van der Waals surface area contributed by atoms with Crippen molar-refractivity contribution in [2.75, 3.05) is 5.32 Å². The van der Waals surface area contributed by atoms with Crippen molar-refractivity contribution in [2.24, 2.45) is 5.73 Å². The van der Waals surface area contributed by atoms with E-state index in [1.165, 1.54) is 23.6 Å². The number of nitrogens with one attached hydrogen (secondary N) is 3. The number of rotatable bonds is 4. The number of H-pyrrole nitrogens is 2. The minimum atomic E-state index is -0.651. The van der Waals surface area contributed by atoms with Crippen LogP contribution in [-0.4, -0.2) is 32.0 Å². The highest BCUT2D eigenvalue weighted by atomic mass is 32.1. The molecule has 4 aromatic rings.